The molecule has 0 unspecified atom stereocenters. The molecule has 5 rings (SSSR count). The van der Waals surface area contributed by atoms with Crippen LogP contribution in [0.1, 0.15) is 58.4 Å². The van der Waals surface area contributed by atoms with E-state index < -0.39 is 0 Å². The Labute approximate surface area is 245 Å². The number of benzene rings is 3. The molecule has 2 aliphatic rings. The maximum absolute atomic E-state index is 13.6. The van der Waals surface area contributed by atoms with Crippen LogP contribution in [0.4, 0.5) is 15.8 Å². The molecule has 0 atom stereocenters. The Balaban J connectivity index is 1.36. The molecule has 3 amide bonds. The van der Waals surface area contributed by atoms with Crippen LogP contribution in [0, 0.1) is 11.7 Å². The Kier molecular flexibility index (Phi) is 9.36. The first-order valence-corrected chi connectivity index (χ1v) is 14.6. The van der Waals surface area contributed by atoms with Gasteiger partial charge in [-0.15, -0.1) is 0 Å². The molecule has 1 heterocycles. The fourth-order valence-corrected chi connectivity index (χ4v) is 5.73. The lowest BCUT2D eigenvalue weighted by Gasteiger charge is -2.27. The predicted molar refractivity (Wildman–Crippen MR) is 160 cm³/mol. The number of hydrogen-bond donors (Lipinski definition) is 2. The van der Waals surface area contributed by atoms with Gasteiger partial charge in [0.05, 0.1) is 12.7 Å². The van der Waals surface area contributed by atoms with Crippen LogP contribution in [0.15, 0.2) is 66.7 Å². The Morgan fingerprint density at radius 1 is 0.881 bits per heavy atom. The van der Waals surface area contributed by atoms with Crippen LogP contribution in [-0.4, -0.2) is 55.9 Å². The maximum atomic E-state index is 13.6. The second-order valence-corrected chi connectivity index (χ2v) is 10.9. The summed E-state index contributed by atoms with van der Waals surface area (Å²) in [5.74, 6) is -0.0157. The molecular formula is C33H37FN4O4. The van der Waals surface area contributed by atoms with E-state index in [-0.39, 0.29) is 36.0 Å². The van der Waals surface area contributed by atoms with Crippen molar-refractivity contribution in [3.05, 3.63) is 89.2 Å². The minimum Gasteiger partial charge on any atom is -0.497 e. The lowest BCUT2D eigenvalue weighted by molar-refractivity contribution is -0.135. The summed E-state index contributed by atoms with van der Waals surface area (Å²) in [5, 5.41) is 5.83. The number of nitrogens with one attached hydrogen (secondary N) is 2. The summed E-state index contributed by atoms with van der Waals surface area (Å²) >= 11 is 0. The monoisotopic (exact) mass is 572 g/mol. The summed E-state index contributed by atoms with van der Waals surface area (Å²) in [4.78, 5) is 43.8. The molecule has 220 valence electrons. The number of methoxy groups -OCH3 is 1. The average Bonchev–Trinajstić information content (AvgIpc) is 3.45. The number of amides is 3. The summed E-state index contributed by atoms with van der Waals surface area (Å²) in [6.07, 6.45) is 4.98. The van der Waals surface area contributed by atoms with Crippen LogP contribution >= 0.6 is 0 Å². The normalized spacial score (nSPS) is 15.7. The molecule has 0 aromatic heterocycles. The van der Waals surface area contributed by atoms with E-state index in [1.54, 1.807) is 55.6 Å². The van der Waals surface area contributed by atoms with Gasteiger partial charge in [-0.05, 0) is 73.4 Å². The molecule has 1 saturated carbocycles. The summed E-state index contributed by atoms with van der Waals surface area (Å²) in [5.41, 5.74) is 2.83. The van der Waals surface area contributed by atoms with Gasteiger partial charge in [0.25, 0.3) is 11.8 Å². The van der Waals surface area contributed by atoms with Crippen molar-refractivity contribution in [1.29, 1.82) is 0 Å². The molecule has 8 nitrogen and oxygen atoms in total. The van der Waals surface area contributed by atoms with Crippen molar-refractivity contribution in [3.8, 4) is 5.75 Å². The third-order valence-corrected chi connectivity index (χ3v) is 8.05. The third kappa shape index (κ3) is 7.08. The van der Waals surface area contributed by atoms with E-state index in [4.69, 9.17) is 4.74 Å². The Hall–Kier alpha value is -4.40. The van der Waals surface area contributed by atoms with E-state index in [0.29, 0.717) is 48.7 Å². The summed E-state index contributed by atoms with van der Waals surface area (Å²) < 4.78 is 18.6. The number of anilines is 2. The van der Waals surface area contributed by atoms with Gasteiger partial charge in [-0.2, -0.15) is 0 Å². The lowest BCUT2D eigenvalue weighted by atomic mass is 10.1. The van der Waals surface area contributed by atoms with E-state index >= 15 is 0 Å². The fraction of sp³-hybridized carbons (Fsp3) is 0.364. The zero-order valence-corrected chi connectivity index (χ0v) is 23.9. The van der Waals surface area contributed by atoms with Gasteiger partial charge in [-0.1, -0.05) is 31.0 Å². The zero-order chi connectivity index (χ0) is 29.5. The van der Waals surface area contributed by atoms with Crippen molar-refractivity contribution in [3.63, 3.8) is 0 Å². The van der Waals surface area contributed by atoms with Gasteiger partial charge in [0, 0.05) is 55.6 Å². The molecule has 9 heteroatoms. The van der Waals surface area contributed by atoms with Crippen LogP contribution in [0.3, 0.4) is 0 Å². The van der Waals surface area contributed by atoms with Crippen LogP contribution < -0.4 is 20.3 Å². The van der Waals surface area contributed by atoms with Crippen molar-refractivity contribution >= 4 is 29.1 Å². The van der Waals surface area contributed by atoms with Crippen LogP contribution in [0.5, 0.6) is 5.75 Å². The maximum Gasteiger partial charge on any atom is 0.255 e. The van der Waals surface area contributed by atoms with E-state index in [1.165, 1.54) is 12.1 Å². The van der Waals surface area contributed by atoms with Crippen molar-refractivity contribution in [2.75, 3.05) is 43.5 Å². The van der Waals surface area contributed by atoms with Crippen molar-refractivity contribution in [2.24, 2.45) is 5.92 Å². The highest BCUT2D eigenvalue weighted by molar-refractivity contribution is 6.06. The molecule has 1 aliphatic carbocycles. The first-order valence-electron chi connectivity index (χ1n) is 14.6. The summed E-state index contributed by atoms with van der Waals surface area (Å²) in [6.45, 7) is 2.82. The Morgan fingerprint density at radius 2 is 1.67 bits per heavy atom. The number of hydrogen-bond acceptors (Lipinski definition) is 5. The van der Waals surface area contributed by atoms with Gasteiger partial charge in [0.1, 0.15) is 11.6 Å². The van der Waals surface area contributed by atoms with Gasteiger partial charge >= 0.3 is 0 Å². The van der Waals surface area contributed by atoms with Gasteiger partial charge in [-0.25, -0.2) is 4.39 Å². The second-order valence-electron chi connectivity index (χ2n) is 10.9. The van der Waals surface area contributed by atoms with Crippen molar-refractivity contribution in [1.82, 2.24) is 10.2 Å². The van der Waals surface area contributed by atoms with E-state index in [0.717, 1.165) is 43.4 Å². The first kappa shape index (κ1) is 29.1. The van der Waals surface area contributed by atoms with Crippen LogP contribution in [0.2, 0.25) is 0 Å². The predicted octanol–water partition coefficient (Wildman–Crippen LogP) is 5.25. The molecule has 0 bridgehead atoms. The number of ether oxygens (including phenoxy) is 1. The number of nitrogens with zero attached hydrogens (tertiary/aromatic N) is 2. The van der Waals surface area contributed by atoms with E-state index in [2.05, 4.69) is 15.5 Å². The molecule has 1 aliphatic heterocycles. The number of rotatable bonds is 8. The molecule has 2 fully saturated rings. The average molecular weight is 573 g/mol. The Bertz CT molecular complexity index is 1420. The third-order valence-electron chi connectivity index (χ3n) is 8.05. The smallest absolute Gasteiger partial charge is 0.255 e. The van der Waals surface area contributed by atoms with E-state index in [9.17, 15) is 18.8 Å². The highest BCUT2D eigenvalue weighted by Crippen LogP contribution is 2.29. The summed E-state index contributed by atoms with van der Waals surface area (Å²) in [7, 11) is 1.54. The van der Waals surface area contributed by atoms with Crippen molar-refractivity contribution < 1.29 is 23.5 Å². The Morgan fingerprint density at radius 3 is 2.43 bits per heavy atom. The standard InChI is InChI=1S/C33H37FN4O4/c1-42-28-9-4-8-25(20-28)31(39)36-27-14-15-30(29(21-27)32(40)35-22-23-10-12-26(34)13-11-23)37-16-5-17-38(19-18-37)33(41)24-6-2-3-7-24/h4,8-15,20-21,24H,2-3,5-7,16-19,22H2,1H3,(H,35,40)(H,36,39). The second kappa shape index (κ2) is 13.5. The zero-order valence-electron chi connectivity index (χ0n) is 23.9. The highest BCUT2D eigenvalue weighted by atomic mass is 19.1. The quantitative estimate of drug-likeness (QED) is 0.385. The topological polar surface area (TPSA) is 91.0 Å². The molecule has 0 radical (unpaired) electrons. The number of carbonyl (C=O) groups is 3. The molecule has 0 spiro atoms. The van der Waals surface area contributed by atoms with Crippen molar-refractivity contribution in [2.45, 2.75) is 38.6 Å². The first-order chi connectivity index (χ1) is 20.4. The largest absolute Gasteiger partial charge is 0.497 e. The summed E-state index contributed by atoms with van der Waals surface area (Å²) in [6, 6.07) is 18.1. The minimum atomic E-state index is -0.339. The minimum absolute atomic E-state index is 0.136. The fourth-order valence-electron chi connectivity index (χ4n) is 5.73. The molecule has 2 N–H and O–H groups in total. The number of halogens is 1. The van der Waals surface area contributed by atoms with Gasteiger partial charge in [0.15, 0.2) is 0 Å². The van der Waals surface area contributed by atoms with Gasteiger partial charge < -0.3 is 25.2 Å². The number of carbonyl (C=O) groups excluding carboxylic acids is 3. The lowest BCUT2D eigenvalue weighted by Crippen LogP contribution is -2.38. The van der Waals surface area contributed by atoms with Gasteiger partial charge in [-0.3, -0.25) is 14.4 Å². The van der Waals surface area contributed by atoms with Crippen LogP contribution in [-0.2, 0) is 11.3 Å². The molecule has 3 aromatic carbocycles. The highest BCUT2D eigenvalue weighted by Gasteiger charge is 2.29. The van der Waals surface area contributed by atoms with Crippen LogP contribution in [0.25, 0.3) is 0 Å². The SMILES string of the molecule is COc1cccc(C(=O)Nc2ccc(N3CCCN(C(=O)C4CCCC4)CC3)c(C(=O)NCc3ccc(F)cc3)c2)c1. The van der Waals surface area contributed by atoms with E-state index in [1.807, 2.05) is 11.0 Å². The molecular weight excluding hydrogens is 535 g/mol. The van der Waals surface area contributed by atoms with Gasteiger partial charge in [0.2, 0.25) is 5.91 Å². The molecule has 1 saturated heterocycles. The molecule has 3 aromatic rings. The molecule has 42 heavy (non-hydrogen) atoms.